The molecule has 118 valence electrons. The number of carbonyl (C=O) groups is 2. The van der Waals surface area contributed by atoms with Crippen molar-refractivity contribution in [1.82, 2.24) is 15.8 Å². The van der Waals surface area contributed by atoms with Crippen molar-refractivity contribution in [2.24, 2.45) is 0 Å². The van der Waals surface area contributed by atoms with Crippen LogP contribution >= 0.6 is 0 Å². The minimum absolute atomic E-state index is 0.213. The molecule has 2 amide bonds. The van der Waals surface area contributed by atoms with Crippen molar-refractivity contribution in [3.63, 3.8) is 0 Å². The van der Waals surface area contributed by atoms with Crippen molar-refractivity contribution < 1.29 is 9.59 Å². The van der Waals surface area contributed by atoms with Gasteiger partial charge in [0.15, 0.2) is 0 Å². The Hall–Kier alpha value is -2.89. The molecule has 3 rings (SSSR count). The van der Waals surface area contributed by atoms with Crippen LogP contribution in [0.2, 0.25) is 0 Å². The quantitative estimate of drug-likeness (QED) is 0.838. The van der Waals surface area contributed by atoms with Crippen molar-refractivity contribution in [2.45, 2.75) is 12.8 Å². The van der Waals surface area contributed by atoms with E-state index in [1.165, 1.54) is 11.8 Å². The summed E-state index contributed by atoms with van der Waals surface area (Å²) in [4.78, 5) is 29.8. The third kappa shape index (κ3) is 3.66. The third-order valence-electron chi connectivity index (χ3n) is 3.78. The lowest BCUT2D eigenvalue weighted by Gasteiger charge is -2.30. The van der Waals surface area contributed by atoms with Crippen LogP contribution in [0.1, 0.15) is 22.3 Å². The molecule has 2 N–H and O–H groups in total. The first-order valence-corrected chi connectivity index (χ1v) is 7.56. The summed E-state index contributed by atoms with van der Waals surface area (Å²) < 4.78 is 0. The monoisotopic (exact) mass is 310 g/mol. The highest BCUT2D eigenvalue weighted by Crippen LogP contribution is 2.26. The van der Waals surface area contributed by atoms with E-state index >= 15 is 0 Å². The molecule has 0 unspecified atom stereocenters. The standard InChI is InChI=1S/C17H18N4O2/c22-16(19-20-17(23)14-6-3-9-18-11-14)12-21-10-4-7-13-5-1-2-8-15(13)21/h1-3,5-6,8-9,11H,4,7,10,12H2,(H,19,22)(H,20,23). The van der Waals surface area contributed by atoms with Crippen molar-refractivity contribution in [3.8, 4) is 0 Å². The maximum atomic E-state index is 12.1. The molecule has 0 saturated heterocycles. The Balaban J connectivity index is 1.55. The number of hydrogen-bond acceptors (Lipinski definition) is 4. The van der Waals surface area contributed by atoms with Gasteiger partial charge in [-0.1, -0.05) is 18.2 Å². The molecule has 0 bridgehead atoms. The number of para-hydroxylation sites is 1. The number of aryl methyl sites for hydroxylation is 1. The number of hydrogen-bond donors (Lipinski definition) is 2. The van der Waals surface area contributed by atoms with Crippen molar-refractivity contribution in [3.05, 3.63) is 59.9 Å². The van der Waals surface area contributed by atoms with Gasteiger partial charge in [-0.3, -0.25) is 25.4 Å². The van der Waals surface area contributed by atoms with E-state index in [2.05, 4.69) is 21.9 Å². The topological polar surface area (TPSA) is 74.3 Å². The van der Waals surface area contributed by atoms with E-state index in [-0.39, 0.29) is 18.4 Å². The molecule has 0 aliphatic carbocycles. The maximum Gasteiger partial charge on any atom is 0.271 e. The predicted molar refractivity (Wildman–Crippen MR) is 86.8 cm³/mol. The summed E-state index contributed by atoms with van der Waals surface area (Å²) in [5.74, 6) is -0.635. The fraction of sp³-hybridized carbons (Fsp3) is 0.235. The van der Waals surface area contributed by atoms with Gasteiger partial charge in [-0.2, -0.15) is 0 Å². The Kier molecular flexibility index (Phi) is 4.52. The Morgan fingerprint density at radius 2 is 2.00 bits per heavy atom. The second kappa shape index (κ2) is 6.91. The Morgan fingerprint density at radius 1 is 1.13 bits per heavy atom. The highest BCUT2D eigenvalue weighted by molar-refractivity contribution is 5.95. The number of hydrazine groups is 1. The first kappa shape index (κ1) is 15.0. The normalized spacial score (nSPS) is 13.1. The molecule has 0 spiro atoms. The van der Waals surface area contributed by atoms with Gasteiger partial charge >= 0.3 is 0 Å². The summed E-state index contributed by atoms with van der Waals surface area (Å²) in [7, 11) is 0. The fourth-order valence-electron chi connectivity index (χ4n) is 2.68. The second-order valence-electron chi connectivity index (χ2n) is 5.40. The van der Waals surface area contributed by atoms with E-state index in [0.717, 1.165) is 25.1 Å². The van der Waals surface area contributed by atoms with Crippen molar-refractivity contribution in [1.29, 1.82) is 0 Å². The van der Waals surface area contributed by atoms with Crippen LogP contribution in [0.4, 0.5) is 5.69 Å². The number of anilines is 1. The molecule has 1 aliphatic heterocycles. The molecule has 1 aromatic heterocycles. The van der Waals surface area contributed by atoms with Gasteiger partial charge in [-0.05, 0) is 36.6 Å². The average molecular weight is 310 g/mol. The lowest BCUT2D eigenvalue weighted by molar-refractivity contribution is -0.120. The van der Waals surface area contributed by atoms with E-state index in [0.29, 0.717) is 5.56 Å². The largest absolute Gasteiger partial charge is 0.362 e. The number of amides is 2. The van der Waals surface area contributed by atoms with Crippen LogP contribution in [-0.4, -0.2) is 29.9 Å². The van der Waals surface area contributed by atoms with Crippen LogP contribution in [0.15, 0.2) is 48.8 Å². The highest BCUT2D eigenvalue weighted by atomic mass is 16.2. The van der Waals surface area contributed by atoms with Gasteiger partial charge in [0.2, 0.25) is 0 Å². The van der Waals surface area contributed by atoms with E-state index < -0.39 is 0 Å². The number of rotatable bonds is 3. The molecule has 23 heavy (non-hydrogen) atoms. The first-order valence-electron chi connectivity index (χ1n) is 7.56. The minimum atomic E-state index is -0.384. The Bertz CT molecular complexity index is 703. The van der Waals surface area contributed by atoms with Crippen LogP contribution in [-0.2, 0) is 11.2 Å². The summed E-state index contributed by atoms with van der Waals surface area (Å²) in [5.41, 5.74) is 7.60. The highest BCUT2D eigenvalue weighted by Gasteiger charge is 2.18. The summed E-state index contributed by atoms with van der Waals surface area (Å²) >= 11 is 0. The molecule has 1 aromatic carbocycles. The van der Waals surface area contributed by atoms with Gasteiger partial charge in [0.1, 0.15) is 0 Å². The van der Waals surface area contributed by atoms with Crippen LogP contribution in [0.25, 0.3) is 0 Å². The lowest BCUT2D eigenvalue weighted by atomic mass is 10.0. The van der Waals surface area contributed by atoms with Gasteiger partial charge in [0, 0.05) is 24.6 Å². The summed E-state index contributed by atoms with van der Waals surface area (Å²) in [6, 6.07) is 11.4. The van der Waals surface area contributed by atoms with Crippen LogP contribution in [0.3, 0.4) is 0 Å². The zero-order valence-electron chi connectivity index (χ0n) is 12.7. The van der Waals surface area contributed by atoms with E-state index in [4.69, 9.17) is 0 Å². The molecule has 0 atom stereocenters. The summed E-state index contributed by atoms with van der Waals surface area (Å²) in [6.07, 6.45) is 5.09. The minimum Gasteiger partial charge on any atom is -0.362 e. The molecular weight excluding hydrogens is 292 g/mol. The van der Waals surface area contributed by atoms with Gasteiger partial charge in [-0.15, -0.1) is 0 Å². The van der Waals surface area contributed by atoms with Gasteiger partial charge in [-0.25, -0.2) is 0 Å². The predicted octanol–water partition coefficient (Wildman–Crippen LogP) is 1.30. The van der Waals surface area contributed by atoms with Crippen molar-refractivity contribution >= 4 is 17.5 Å². The number of pyridine rings is 1. The van der Waals surface area contributed by atoms with E-state index in [9.17, 15) is 9.59 Å². The number of aromatic nitrogens is 1. The Labute approximate surface area is 134 Å². The van der Waals surface area contributed by atoms with Crippen molar-refractivity contribution in [2.75, 3.05) is 18.0 Å². The smallest absolute Gasteiger partial charge is 0.271 e. The van der Waals surface area contributed by atoms with E-state index in [1.54, 1.807) is 18.3 Å². The third-order valence-corrected chi connectivity index (χ3v) is 3.78. The number of fused-ring (bicyclic) bond motifs is 1. The number of nitrogens with zero attached hydrogens (tertiary/aromatic N) is 2. The summed E-state index contributed by atoms with van der Waals surface area (Å²) in [6.45, 7) is 1.05. The number of nitrogens with one attached hydrogen (secondary N) is 2. The average Bonchev–Trinajstić information content (AvgIpc) is 2.61. The molecular formula is C17H18N4O2. The number of carbonyl (C=O) groups excluding carboxylic acids is 2. The second-order valence-corrected chi connectivity index (χ2v) is 5.40. The number of benzene rings is 1. The van der Waals surface area contributed by atoms with Gasteiger partial charge in [0.25, 0.3) is 11.8 Å². The maximum absolute atomic E-state index is 12.1. The molecule has 6 heteroatoms. The molecule has 2 heterocycles. The molecule has 2 aromatic rings. The van der Waals surface area contributed by atoms with Crippen LogP contribution < -0.4 is 15.8 Å². The summed E-state index contributed by atoms with van der Waals surface area (Å²) in [5, 5.41) is 0. The Morgan fingerprint density at radius 3 is 2.83 bits per heavy atom. The lowest BCUT2D eigenvalue weighted by Crippen LogP contribution is -2.47. The van der Waals surface area contributed by atoms with Gasteiger partial charge in [0.05, 0.1) is 12.1 Å². The SMILES string of the molecule is O=C(CN1CCCc2ccccc21)NNC(=O)c1cccnc1. The zero-order valence-corrected chi connectivity index (χ0v) is 12.7. The first-order chi connectivity index (χ1) is 11.2. The molecule has 1 aliphatic rings. The molecule has 6 nitrogen and oxygen atoms in total. The zero-order chi connectivity index (χ0) is 16.1. The fourth-order valence-corrected chi connectivity index (χ4v) is 2.68. The molecule has 0 saturated carbocycles. The molecule has 0 fully saturated rings. The van der Waals surface area contributed by atoms with E-state index in [1.807, 2.05) is 23.1 Å². The molecule has 0 radical (unpaired) electrons. The van der Waals surface area contributed by atoms with Gasteiger partial charge < -0.3 is 4.90 Å². The van der Waals surface area contributed by atoms with Crippen LogP contribution in [0.5, 0.6) is 0 Å². The van der Waals surface area contributed by atoms with Crippen LogP contribution in [0, 0.1) is 0 Å².